The number of halogens is 4. The Labute approximate surface area is 123 Å². The van der Waals surface area contributed by atoms with E-state index in [1.165, 1.54) is 0 Å². The standard InChI is InChI=1S/C9H19Cl4NOP2/c1-5-8(4)16(10,11)14-9(6-2,7-3)17(12,13)15/h8H,5-7H2,1-4H3. The van der Waals surface area contributed by atoms with E-state index in [2.05, 4.69) is 4.74 Å². The molecule has 104 valence electrons. The summed E-state index contributed by atoms with van der Waals surface area (Å²) in [5.41, 5.74) is 0.0446. The summed E-state index contributed by atoms with van der Waals surface area (Å²) in [5.74, 6) is -5.97. The van der Waals surface area contributed by atoms with Crippen LogP contribution in [-0.2, 0) is 4.57 Å². The topological polar surface area (TPSA) is 29.4 Å². The van der Waals surface area contributed by atoms with E-state index in [0.29, 0.717) is 12.8 Å². The predicted molar refractivity (Wildman–Crippen MR) is 83.4 cm³/mol. The van der Waals surface area contributed by atoms with Gasteiger partial charge < -0.3 is 0 Å². The van der Waals surface area contributed by atoms with E-state index in [1.807, 2.05) is 27.7 Å². The molecular formula is C9H19Cl4NOP2. The minimum absolute atomic E-state index is 0.0446. The number of rotatable bonds is 6. The van der Waals surface area contributed by atoms with Crippen LogP contribution in [0.1, 0.15) is 47.0 Å². The molecule has 0 aliphatic carbocycles. The molecular weight excluding hydrogens is 342 g/mol. The Bertz CT molecular complexity index is 345. The van der Waals surface area contributed by atoms with Crippen LogP contribution in [0.4, 0.5) is 0 Å². The quantitative estimate of drug-likeness (QED) is 0.451. The molecule has 0 bridgehead atoms. The Morgan fingerprint density at radius 2 is 1.53 bits per heavy atom. The van der Waals surface area contributed by atoms with Crippen molar-refractivity contribution in [2.24, 2.45) is 4.74 Å². The zero-order chi connectivity index (χ0) is 13.9. The molecule has 0 aromatic rings. The highest BCUT2D eigenvalue weighted by Gasteiger charge is 2.45. The summed E-state index contributed by atoms with van der Waals surface area (Å²) in [4.78, 5) is 0. The van der Waals surface area contributed by atoms with E-state index < -0.39 is 16.9 Å². The lowest BCUT2D eigenvalue weighted by atomic mass is 10.2. The Kier molecular flexibility index (Phi) is 7.52. The van der Waals surface area contributed by atoms with Crippen molar-refractivity contribution in [3.63, 3.8) is 0 Å². The van der Waals surface area contributed by atoms with E-state index in [0.717, 1.165) is 6.42 Å². The average molecular weight is 361 g/mol. The molecule has 8 heteroatoms. The van der Waals surface area contributed by atoms with Crippen LogP contribution in [0, 0.1) is 0 Å². The van der Waals surface area contributed by atoms with Gasteiger partial charge in [0.1, 0.15) is 11.0 Å². The first kappa shape index (κ1) is 18.6. The van der Waals surface area contributed by atoms with E-state index in [-0.39, 0.29) is 5.66 Å². The number of hydrogen-bond donors (Lipinski definition) is 0. The molecule has 0 aromatic carbocycles. The van der Waals surface area contributed by atoms with Crippen molar-refractivity contribution in [2.75, 3.05) is 0 Å². The van der Waals surface area contributed by atoms with Crippen molar-refractivity contribution in [2.45, 2.75) is 57.9 Å². The highest BCUT2D eigenvalue weighted by molar-refractivity contribution is 8.12. The second kappa shape index (κ2) is 6.87. The summed E-state index contributed by atoms with van der Waals surface area (Å²) in [6.45, 7) is 7.60. The van der Waals surface area contributed by atoms with Gasteiger partial charge in [0.05, 0.1) is 0 Å². The molecule has 0 rings (SSSR count). The molecule has 0 N–H and O–H groups in total. The fraction of sp³-hybridized carbons (Fsp3) is 1.00. The second-order valence-electron chi connectivity index (χ2n) is 4.03. The van der Waals surface area contributed by atoms with Crippen molar-refractivity contribution in [3.8, 4) is 0 Å². The van der Waals surface area contributed by atoms with Gasteiger partial charge in [0.15, 0.2) is 0 Å². The minimum Gasteiger partial charge on any atom is -0.287 e. The van der Waals surface area contributed by atoms with E-state index in [9.17, 15) is 4.57 Å². The first-order chi connectivity index (χ1) is 7.56. The van der Waals surface area contributed by atoms with E-state index in [4.69, 9.17) is 45.0 Å². The molecule has 17 heavy (non-hydrogen) atoms. The fourth-order valence-electron chi connectivity index (χ4n) is 1.38. The van der Waals surface area contributed by atoms with Gasteiger partial charge in [0, 0.05) is 5.66 Å². The smallest absolute Gasteiger partial charge is 0.279 e. The van der Waals surface area contributed by atoms with Crippen LogP contribution in [0.5, 0.6) is 0 Å². The highest BCUT2D eigenvalue weighted by atomic mass is 35.9. The minimum atomic E-state index is -3.42. The molecule has 0 saturated heterocycles. The normalized spacial score (nSPS) is 15.8. The van der Waals surface area contributed by atoms with Gasteiger partial charge in [-0.25, -0.2) is 0 Å². The summed E-state index contributed by atoms with van der Waals surface area (Å²) in [6.07, 6.45) is 1.74. The van der Waals surface area contributed by atoms with Crippen molar-refractivity contribution >= 4 is 56.6 Å². The van der Waals surface area contributed by atoms with Gasteiger partial charge in [-0.3, -0.25) is 9.31 Å². The molecule has 1 unspecified atom stereocenters. The van der Waals surface area contributed by atoms with Crippen LogP contribution < -0.4 is 0 Å². The molecule has 0 spiro atoms. The zero-order valence-electron chi connectivity index (χ0n) is 10.5. The Balaban J connectivity index is 5.70. The Morgan fingerprint density at radius 3 is 1.76 bits per heavy atom. The molecule has 0 amide bonds. The molecule has 0 aliphatic rings. The van der Waals surface area contributed by atoms with Crippen LogP contribution in [-0.4, -0.2) is 10.9 Å². The van der Waals surface area contributed by atoms with Crippen LogP contribution >= 0.6 is 56.6 Å². The summed E-state index contributed by atoms with van der Waals surface area (Å²) >= 11 is 24.3. The van der Waals surface area contributed by atoms with Gasteiger partial charge in [-0.05, 0) is 41.7 Å². The SMILES string of the molecule is CCC(C)P(Cl)(Cl)=NC(CC)(CC)P(=O)(Cl)Cl. The van der Waals surface area contributed by atoms with Crippen molar-refractivity contribution in [3.05, 3.63) is 0 Å². The first-order valence-corrected chi connectivity index (χ1v) is 12.7. The zero-order valence-corrected chi connectivity index (χ0v) is 15.3. The summed E-state index contributed by atoms with van der Waals surface area (Å²) in [7, 11) is 0. The maximum Gasteiger partial charge on any atom is 0.279 e. The van der Waals surface area contributed by atoms with Crippen LogP contribution in [0.2, 0.25) is 0 Å². The third-order valence-electron chi connectivity index (χ3n) is 3.06. The van der Waals surface area contributed by atoms with Gasteiger partial charge in [-0.15, -0.1) is 0 Å². The van der Waals surface area contributed by atoms with Crippen LogP contribution in [0.3, 0.4) is 0 Å². The maximum absolute atomic E-state index is 12.0. The molecule has 1 atom stereocenters. The molecule has 0 fully saturated rings. The van der Waals surface area contributed by atoms with Gasteiger partial charge in [0.2, 0.25) is 0 Å². The number of hydrogen-bond acceptors (Lipinski definition) is 2. The highest BCUT2D eigenvalue weighted by Crippen LogP contribution is 2.76. The molecule has 2 nitrogen and oxygen atoms in total. The van der Waals surface area contributed by atoms with Crippen LogP contribution in [0.15, 0.2) is 4.74 Å². The monoisotopic (exact) mass is 359 g/mol. The maximum atomic E-state index is 12.0. The van der Waals surface area contributed by atoms with Crippen molar-refractivity contribution in [1.82, 2.24) is 0 Å². The predicted octanol–water partition coefficient (Wildman–Crippen LogP) is 7.48. The largest absolute Gasteiger partial charge is 0.287 e. The molecule has 0 radical (unpaired) electrons. The fourth-order valence-corrected chi connectivity index (χ4v) is 8.43. The lowest BCUT2D eigenvalue weighted by molar-refractivity contribution is 0.515. The first-order valence-electron chi connectivity index (χ1n) is 5.58. The second-order valence-corrected chi connectivity index (χ2v) is 14.9. The Morgan fingerprint density at radius 1 is 1.12 bits per heavy atom. The van der Waals surface area contributed by atoms with E-state index >= 15 is 0 Å². The Hall–Kier alpha value is 1.62. The lowest BCUT2D eigenvalue weighted by Crippen LogP contribution is -2.20. The lowest BCUT2D eigenvalue weighted by Gasteiger charge is -2.31. The summed E-state index contributed by atoms with van der Waals surface area (Å²) in [5, 5.41) is -1.02. The van der Waals surface area contributed by atoms with Crippen molar-refractivity contribution < 1.29 is 4.57 Å². The van der Waals surface area contributed by atoms with Gasteiger partial charge >= 0.3 is 0 Å². The average Bonchev–Trinajstić information content (AvgIpc) is 2.22. The van der Waals surface area contributed by atoms with Gasteiger partial charge in [0.25, 0.3) is 5.85 Å². The van der Waals surface area contributed by atoms with Gasteiger partial charge in [-0.1, -0.05) is 50.2 Å². The third kappa shape index (κ3) is 4.59. The van der Waals surface area contributed by atoms with Crippen LogP contribution in [0.25, 0.3) is 0 Å². The summed E-state index contributed by atoms with van der Waals surface area (Å²) < 4.78 is 16.5. The third-order valence-corrected chi connectivity index (χ3v) is 11.3. The molecule has 0 saturated carbocycles. The molecule has 0 aliphatic heterocycles. The molecule has 0 heterocycles. The van der Waals surface area contributed by atoms with Gasteiger partial charge in [-0.2, -0.15) is 0 Å². The van der Waals surface area contributed by atoms with E-state index in [1.54, 1.807) is 0 Å². The summed E-state index contributed by atoms with van der Waals surface area (Å²) in [6, 6.07) is 0. The number of nitrogens with zero attached hydrogens (tertiary/aromatic N) is 1. The van der Waals surface area contributed by atoms with Crippen molar-refractivity contribution in [1.29, 1.82) is 0 Å². The molecule has 0 aromatic heterocycles.